The highest BCUT2D eigenvalue weighted by molar-refractivity contribution is 5.49. The predicted octanol–water partition coefficient (Wildman–Crippen LogP) is 2.36. The Bertz CT molecular complexity index is 557. The lowest BCUT2D eigenvalue weighted by molar-refractivity contribution is -0.386. The van der Waals surface area contributed by atoms with Crippen molar-refractivity contribution in [3.8, 4) is 11.5 Å². The molecule has 0 radical (unpaired) electrons. The van der Waals surface area contributed by atoms with E-state index in [1.807, 2.05) is 0 Å². The molecule has 1 heterocycles. The molecule has 86 valence electrons. The van der Waals surface area contributed by atoms with Gasteiger partial charge in [-0.05, 0) is 12.1 Å². The summed E-state index contributed by atoms with van der Waals surface area (Å²) < 4.78 is 5.39. The first-order valence-corrected chi connectivity index (χ1v) is 4.78. The third kappa shape index (κ3) is 2.49. The second-order valence-electron chi connectivity index (χ2n) is 3.28. The smallest absolute Gasteiger partial charge is 0.329 e. The number of rotatable bonds is 3. The number of nitrogen functional groups attached to an aromatic ring is 1. The summed E-state index contributed by atoms with van der Waals surface area (Å²) in [4.78, 5) is 13.9. The largest absolute Gasteiger partial charge is 0.450 e. The summed E-state index contributed by atoms with van der Waals surface area (Å²) in [5.74, 6) is 0.579. The number of hydrogen-bond acceptors (Lipinski definition) is 5. The first-order chi connectivity index (χ1) is 8.16. The minimum atomic E-state index is -0.547. The van der Waals surface area contributed by atoms with Gasteiger partial charge in [-0.15, -0.1) is 0 Å². The molecule has 0 saturated heterocycles. The molecule has 0 aliphatic carbocycles. The fourth-order valence-electron chi connectivity index (χ4n) is 1.30. The SMILES string of the molecule is Nc1cccc(Oc2ccncc2[N+](=O)[O-])c1. The van der Waals surface area contributed by atoms with Crippen LogP contribution in [0.15, 0.2) is 42.7 Å². The zero-order chi connectivity index (χ0) is 12.3. The van der Waals surface area contributed by atoms with Crippen LogP contribution in [0.4, 0.5) is 11.4 Å². The van der Waals surface area contributed by atoms with E-state index in [-0.39, 0.29) is 11.4 Å². The first kappa shape index (κ1) is 10.9. The van der Waals surface area contributed by atoms with Crippen molar-refractivity contribution in [3.63, 3.8) is 0 Å². The van der Waals surface area contributed by atoms with E-state index in [0.717, 1.165) is 6.20 Å². The van der Waals surface area contributed by atoms with Crippen LogP contribution in [-0.2, 0) is 0 Å². The Hall–Kier alpha value is -2.63. The van der Waals surface area contributed by atoms with Crippen LogP contribution in [0, 0.1) is 10.1 Å². The first-order valence-electron chi connectivity index (χ1n) is 4.78. The van der Waals surface area contributed by atoms with E-state index in [2.05, 4.69) is 4.98 Å². The van der Waals surface area contributed by atoms with Crippen LogP contribution in [0.25, 0.3) is 0 Å². The number of hydrogen-bond donors (Lipinski definition) is 1. The third-order valence-corrected chi connectivity index (χ3v) is 2.04. The number of pyridine rings is 1. The lowest BCUT2D eigenvalue weighted by atomic mass is 10.3. The minimum Gasteiger partial charge on any atom is -0.450 e. The van der Waals surface area contributed by atoms with Crippen molar-refractivity contribution >= 4 is 11.4 Å². The molecule has 17 heavy (non-hydrogen) atoms. The average molecular weight is 231 g/mol. The van der Waals surface area contributed by atoms with E-state index in [1.165, 1.54) is 12.3 Å². The van der Waals surface area contributed by atoms with Gasteiger partial charge >= 0.3 is 5.69 Å². The Kier molecular flexibility index (Phi) is 2.87. The molecular weight excluding hydrogens is 222 g/mol. The lowest BCUT2D eigenvalue weighted by Crippen LogP contribution is -1.94. The molecule has 6 heteroatoms. The molecule has 6 nitrogen and oxygen atoms in total. The number of benzene rings is 1. The second-order valence-corrected chi connectivity index (χ2v) is 3.28. The molecule has 1 aromatic heterocycles. The van der Waals surface area contributed by atoms with Gasteiger partial charge in [-0.2, -0.15) is 0 Å². The normalized spacial score (nSPS) is 9.88. The highest BCUT2D eigenvalue weighted by atomic mass is 16.6. The molecule has 1 aromatic carbocycles. The van der Waals surface area contributed by atoms with Crippen LogP contribution < -0.4 is 10.5 Å². The van der Waals surface area contributed by atoms with Crippen LogP contribution in [0.5, 0.6) is 11.5 Å². The number of nitrogens with zero attached hydrogens (tertiary/aromatic N) is 2. The van der Waals surface area contributed by atoms with E-state index in [0.29, 0.717) is 11.4 Å². The number of nitrogens with two attached hydrogens (primary N) is 1. The number of nitro groups is 1. The summed E-state index contributed by atoms with van der Waals surface area (Å²) in [5.41, 5.74) is 5.93. The van der Waals surface area contributed by atoms with Crippen molar-refractivity contribution in [2.24, 2.45) is 0 Å². The molecule has 0 spiro atoms. The maximum Gasteiger partial charge on any atom is 0.329 e. The van der Waals surface area contributed by atoms with E-state index < -0.39 is 4.92 Å². The zero-order valence-electron chi connectivity index (χ0n) is 8.74. The van der Waals surface area contributed by atoms with Crippen molar-refractivity contribution in [2.45, 2.75) is 0 Å². The molecule has 0 unspecified atom stereocenters. The fourth-order valence-corrected chi connectivity index (χ4v) is 1.30. The highest BCUT2D eigenvalue weighted by Gasteiger charge is 2.15. The van der Waals surface area contributed by atoms with Gasteiger partial charge in [-0.25, -0.2) is 0 Å². The molecule has 2 N–H and O–H groups in total. The van der Waals surface area contributed by atoms with Gasteiger partial charge in [-0.3, -0.25) is 15.1 Å². The summed E-state index contributed by atoms with van der Waals surface area (Å²) in [6.45, 7) is 0. The predicted molar refractivity (Wildman–Crippen MR) is 61.8 cm³/mol. The summed E-state index contributed by atoms with van der Waals surface area (Å²) in [6.07, 6.45) is 2.57. The fraction of sp³-hybridized carbons (Fsp3) is 0. The Balaban J connectivity index is 2.33. The molecule has 0 aliphatic rings. The van der Waals surface area contributed by atoms with Crippen molar-refractivity contribution in [1.29, 1.82) is 0 Å². The van der Waals surface area contributed by atoms with Gasteiger partial charge in [0.2, 0.25) is 5.75 Å². The molecule has 2 aromatic rings. The number of ether oxygens (including phenoxy) is 1. The van der Waals surface area contributed by atoms with E-state index in [1.54, 1.807) is 24.3 Å². The van der Waals surface area contributed by atoms with Crippen LogP contribution >= 0.6 is 0 Å². The molecule has 2 rings (SSSR count). The molecule has 0 saturated carbocycles. The van der Waals surface area contributed by atoms with Crippen molar-refractivity contribution in [2.75, 3.05) is 5.73 Å². The number of aromatic nitrogens is 1. The Labute approximate surface area is 96.8 Å². The maximum absolute atomic E-state index is 10.7. The van der Waals surface area contributed by atoms with Gasteiger partial charge in [0.15, 0.2) is 0 Å². The topological polar surface area (TPSA) is 91.3 Å². The standard InChI is InChI=1S/C11H9N3O3/c12-8-2-1-3-9(6-8)17-11-4-5-13-7-10(11)14(15)16/h1-7H,12H2. The zero-order valence-corrected chi connectivity index (χ0v) is 8.74. The Morgan fingerprint density at radius 3 is 2.88 bits per heavy atom. The van der Waals surface area contributed by atoms with Crippen LogP contribution in [0.2, 0.25) is 0 Å². The second kappa shape index (κ2) is 4.48. The summed E-state index contributed by atoms with van der Waals surface area (Å²) in [6, 6.07) is 8.09. The van der Waals surface area contributed by atoms with Gasteiger partial charge in [0.05, 0.1) is 4.92 Å². The van der Waals surface area contributed by atoms with Gasteiger partial charge in [0, 0.05) is 24.0 Å². The van der Waals surface area contributed by atoms with E-state index in [9.17, 15) is 10.1 Å². The quantitative estimate of drug-likeness (QED) is 0.497. The van der Waals surface area contributed by atoms with E-state index >= 15 is 0 Å². The molecular formula is C11H9N3O3. The maximum atomic E-state index is 10.7. The molecule has 0 fully saturated rings. The van der Waals surface area contributed by atoms with Gasteiger partial charge in [-0.1, -0.05) is 6.07 Å². The summed E-state index contributed by atoms with van der Waals surface area (Å²) in [5, 5.41) is 10.7. The van der Waals surface area contributed by atoms with Gasteiger partial charge in [0.1, 0.15) is 11.9 Å². The summed E-state index contributed by atoms with van der Waals surface area (Å²) in [7, 11) is 0. The average Bonchev–Trinajstić information content (AvgIpc) is 2.29. The monoisotopic (exact) mass is 231 g/mol. The summed E-state index contributed by atoms with van der Waals surface area (Å²) >= 11 is 0. The van der Waals surface area contributed by atoms with Crippen LogP contribution in [0.3, 0.4) is 0 Å². The molecule has 0 atom stereocenters. The lowest BCUT2D eigenvalue weighted by Gasteiger charge is -2.05. The van der Waals surface area contributed by atoms with Gasteiger partial charge < -0.3 is 10.5 Å². The van der Waals surface area contributed by atoms with Crippen LogP contribution in [-0.4, -0.2) is 9.91 Å². The van der Waals surface area contributed by atoms with E-state index in [4.69, 9.17) is 10.5 Å². The molecule has 0 bridgehead atoms. The number of anilines is 1. The highest BCUT2D eigenvalue weighted by Crippen LogP contribution is 2.30. The van der Waals surface area contributed by atoms with Crippen LogP contribution in [0.1, 0.15) is 0 Å². The van der Waals surface area contributed by atoms with Crippen molar-refractivity contribution < 1.29 is 9.66 Å². The Morgan fingerprint density at radius 2 is 2.18 bits per heavy atom. The van der Waals surface area contributed by atoms with Crippen molar-refractivity contribution in [3.05, 3.63) is 52.8 Å². The molecule has 0 aliphatic heterocycles. The third-order valence-electron chi connectivity index (χ3n) is 2.04. The van der Waals surface area contributed by atoms with Gasteiger partial charge in [0.25, 0.3) is 0 Å². The Morgan fingerprint density at radius 1 is 1.35 bits per heavy atom. The van der Waals surface area contributed by atoms with Crippen molar-refractivity contribution in [1.82, 2.24) is 4.98 Å². The molecule has 0 amide bonds. The minimum absolute atomic E-state index is 0.135.